The second-order valence-corrected chi connectivity index (χ2v) is 6.03. The van der Waals surface area contributed by atoms with Gasteiger partial charge in [-0.25, -0.2) is 13.1 Å². The van der Waals surface area contributed by atoms with Crippen molar-refractivity contribution in [2.45, 2.75) is 31.8 Å². The maximum atomic E-state index is 10.7. The molecule has 0 aromatic carbocycles. The Bertz CT molecular complexity index is 274. The molecular weight excluding hydrogens is 228 g/mol. The van der Waals surface area contributed by atoms with E-state index in [4.69, 9.17) is 4.74 Å². The van der Waals surface area contributed by atoms with Gasteiger partial charge >= 0.3 is 0 Å². The number of ether oxygens (including phenoxy) is 1. The van der Waals surface area contributed by atoms with Crippen LogP contribution >= 0.6 is 0 Å². The Kier molecular flexibility index (Phi) is 6.26. The standard InChI is InChI=1S/C10H22N2O3S/c1-16(13,14)12-8-7-11-6-2-4-10-5-3-9-15-10/h10-12H,2-9H2,1H3. The van der Waals surface area contributed by atoms with Crippen LogP contribution < -0.4 is 10.0 Å². The molecule has 2 N–H and O–H groups in total. The molecule has 1 rings (SSSR count). The van der Waals surface area contributed by atoms with E-state index in [1.54, 1.807) is 0 Å². The van der Waals surface area contributed by atoms with Crippen LogP contribution in [0.25, 0.3) is 0 Å². The lowest BCUT2D eigenvalue weighted by Crippen LogP contribution is -2.31. The van der Waals surface area contributed by atoms with Crippen molar-refractivity contribution in [3.05, 3.63) is 0 Å². The molecule has 0 bridgehead atoms. The highest BCUT2D eigenvalue weighted by Crippen LogP contribution is 2.16. The normalized spacial score (nSPS) is 21.4. The molecule has 0 spiro atoms. The molecule has 96 valence electrons. The molecule has 1 unspecified atom stereocenters. The Balaban J connectivity index is 1.84. The van der Waals surface area contributed by atoms with Crippen molar-refractivity contribution >= 4 is 10.0 Å². The summed E-state index contributed by atoms with van der Waals surface area (Å²) in [7, 11) is -3.04. The number of hydrogen-bond donors (Lipinski definition) is 2. The van der Waals surface area contributed by atoms with E-state index < -0.39 is 10.0 Å². The third kappa shape index (κ3) is 7.16. The minimum Gasteiger partial charge on any atom is -0.378 e. The molecule has 0 aromatic heterocycles. The van der Waals surface area contributed by atoms with Crippen molar-refractivity contribution in [1.82, 2.24) is 10.0 Å². The largest absolute Gasteiger partial charge is 0.378 e. The topological polar surface area (TPSA) is 67.4 Å². The number of sulfonamides is 1. The molecule has 1 atom stereocenters. The van der Waals surface area contributed by atoms with Gasteiger partial charge in [0.25, 0.3) is 0 Å². The predicted molar refractivity (Wildman–Crippen MR) is 63.9 cm³/mol. The summed E-state index contributed by atoms with van der Waals surface area (Å²) < 4.78 is 29.4. The first-order chi connectivity index (χ1) is 7.58. The second-order valence-electron chi connectivity index (χ2n) is 4.19. The molecule has 16 heavy (non-hydrogen) atoms. The molecule has 1 fully saturated rings. The smallest absolute Gasteiger partial charge is 0.208 e. The Labute approximate surface area is 98.0 Å². The van der Waals surface area contributed by atoms with Crippen LogP contribution in [-0.4, -0.2) is 47.0 Å². The van der Waals surface area contributed by atoms with Gasteiger partial charge in [0.1, 0.15) is 0 Å². The number of rotatable bonds is 8. The molecular formula is C10H22N2O3S. The van der Waals surface area contributed by atoms with E-state index in [-0.39, 0.29) is 0 Å². The van der Waals surface area contributed by atoms with Crippen molar-refractivity contribution in [1.29, 1.82) is 0 Å². The van der Waals surface area contributed by atoms with Gasteiger partial charge in [-0.15, -0.1) is 0 Å². The first kappa shape index (κ1) is 13.9. The molecule has 0 aliphatic carbocycles. The molecule has 0 saturated carbocycles. The molecule has 1 heterocycles. The van der Waals surface area contributed by atoms with Gasteiger partial charge in [-0.1, -0.05) is 0 Å². The lowest BCUT2D eigenvalue weighted by molar-refractivity contribution is 0.102. The van der Waals surface area contributed by atoms with Gasteiger partial charge in [0.15, 0.2) is 0 Å². The van der Waals surface area contributed by atoms with Crippen LogP contribution in [0.2, 0.25) is 0 Å². The zero-order chi connectivity index (χ0) is 11.9. The second kappa shape index (κ2) is 7.21. The van der Waals surface area contributed by atoms with Crippen LogP contribution in [0.1, 0.15) is 25.7 Å². The van der Waals surface area contributed by atoms with Crippen LogP contribution in [-0.2, 0) is 14.8 Å². The minimum atomic E-state index is -3.04. The van der Waals surface area contributed by atoms with Crippen molar-refractivity contribution in [2.24, 2.45) is 0 Å². The van der Waals surface area contributed by atoms with E-state index >= 15 is 0 Å². The predicted octanol–water partition coefficient (Wildman–Crippen LogP) is 0.0844. The molecule has 1 aliphatic rings. The van der Waals surface area contributed by atoms with Gasteiger partial charge in [0, 0.05) is 19.7 Å². The summed E-state index contributed by atoms with van der Waals surface area (Å²) in [5.74, 6) is 0. The monoisotopic (exact) mass is 250 g/mol. The molecule has 0 radical (unpaired) electrons. The van der Waals surface area contributed by atoms with E-state index in [9.17, 15) is 8.42 Å². The summed E-state index contributed by atoms with van der Waals surface area (Å²) in [6.07, 6.45) is 6.20. The van der Waals surface area contributed by atoms with Gasteiger partial charge in [-0.2, -0.15) is 0 Å². The van der Waals surface area contributed by atoms with Gasteiger partial charge in [-0.3, -0.25) is 0 Å². The van der Waals surface area contributed by atoms with Crippen molar-refractivity contribution in [2.75, 3.05) is 32.5 Å². The van der Waals surface area contributed by atoms with E-state index in [0.29, 0.717) is 19.2 Å². The van der Waals surface area contributed by atoms with Crippen LogP contribution in [0.3, 0.4) is 0 Å². The third-order valence-electron chi connectivity index (χ3n) is 2.57. The maximum absolute atomic E-state index is 10.7. The first-order valence-corrected chi connectivity index (χ1v) is 7.74. The average molecular weight is 250 g/mol. The van der Waals surface area contributed by atoms with Crippen LogP contribution in [0.15, 0.2) is 0 Å². The Morgan fingerprint density at radius 2 is 2.12 bits per heavy atom. The summed E-state index contributed by atoms with van der Waals surface area (Å²) in [6, 6.07) is 0. The SMILES string of the molecule is CS(=O)(=O)NCCNCCCC1CCCO1. The molecule has 1 saturated heterocycles. The summed E-state index contributed by atoms with van der Waals surface area (Å²) in [6.45, 7) is 2.97. The fourth-order valence-corrected chi connectivity index (χ4v) is 2.25. The number of hydrogen-bond acceptors (Lipinski definition) is 4. The van der Waals surface area contributed by atoms with Crippen LogP contribution in [0.4, 0.5) is 0 Å². The van der Waals surface area contributed by atoms with Gasteiger partial charge in [-0.05, 0) is 32.2 Å². The Morgan fingerprint density at radius 1 is 1.31 bits per heavy atom. The van der Waals surface area contributed by atoms with Gasteiger partial charge in [0.05, 0.1) is 12.4 Å². The van der Waals surface area contributed by atoms with Crippen molar-refractivity contribution in [3.8, 4) is 0 Å². The fourth-order valence-electron chi connectivity index (χ4n) is 1.78. The summed E-state index contributed by atoms with van der Waals surface area (Å²) >= 11 is 0. The lowest BCUT2D eigenvalue weighted by Gasteiger charge is -2.09. The lowest BCUT2D eigenvalue weighted by atomic mass is 10.1. The Hall–Kier alpha value is -0.170. The van der Waals surface area contributed by atoms with Gasteiger partial charge in [0.2, 0.25) is 10.0 Å². The number of nitrogens with one attached hydrogen (secondary N) is 2. The van der Waals surface area contributed by atoms with Crippen LogP contribution in [0.5, 0.6) is 0 Å². The van der Waals surface area contributed by atoms with E-state index in [2.05, 4.69) is 10.0 Å². The zero-order valence-corrected chi connectivity index (χ0v) is 10.7. The average Bonchev–Trinajstić information content (AvgIpc) is 2.67. The summed E-state index contributed by atoms with van der Waals surface area (Å²) in [4.78, 5) is 0. The van der Waals surface area contributed by atoms with Crippen molar-refractivity contribution in [3.63, 3.8) is 0 Å². The molecule has 0 aromatic rings. The molecule has 0 amide bonds. The highest BCUT2D eigenvalue weighted by molar-refractivity contribution is 7.88. The zero-order valence-electron chi connectivity index (χ0n) is 9.87. The minimum absolute atomic E-state index is 0.455. The van der Waals surface area contributed by atoms with Crippen molar-refractivity contribution < 1.29 is 13.2 Å². The van der Waals surface area contributed by atoms with E-state index in [0.717, 1.165) is 26.0 Å². The third-order valence-corrected chi connectivity index (χ3v) is 3.30. The first-order valence-electron chi connectivity index (χ1n) is 5.85. The molecule has 1 aliphatic heterocycles. The quantitative estimate of drug-likeness (QED) is 0.599. The highest BCUT2D eigenvalue weighted by Gasteiger charge is 2.14. The molecule has 5 nitrogen and oxygen atoms in total. The summed E-state index contributed by atoms with van der Waals surface area (Å²) in [5, 5.41) is 3.20. The Morgan fingerprint density at radius 3 is 2.75 bits per heavy atom. The maximum Gasteiger partial charge on any atom is 0.208 e. The van der Waals surface area contributed by atoms with E-state index in [1.165, 1.54) is 19.1 Å². The molecule has 6 heteroatoms. The van der Waals surface area contributed by atoms with Gasteiger partial charge < -0.3 is 10.1 Å². The summed E-state index contributed by atoms with van der Waals surface area (Å²) in [5.41, 5.74) is 0. The van der Waals surface area contributed by atoms with Crippen LogP contribution in [0, 0.1) is 0 Å². The van der Waals surface area contributed by atoms with E-state index in [1.807, 2.05) is 0 Å². The highest BCUT2D eigenvalue weighted by atomic mass is 32.2. The fraction of sp³-hybridized carbons (Fsp3) is 1.00.